The molecule has 6 nitrogen and oxygen atoms in total. The summed E-state index contributed by atoms with van der Waals surface area (Å²) in [7, 11) is 0.544. The van der Waals surface area contributed by atoms with Gasteiger partial charge in [0, 0.05) is 32.2 Å². The molecule has 0 aromatic carbocycles. The van der Waals surface area contributed by atoms with Crippen LogP contribution in [0.15, 0.2) is 0 Å². The topological polar surface area (TPSA) is 69.9 Å². The van der Waals surface area contributed by atoms with Crippen molar-refractivity contribution in [1.82, 2.24) is 13.5 Å². The van der Waals surface area contributed by atoms with Gasteiger partial charge in [0.25, 0.3) is 10.2 Å². The van der Waals surface area contributed by atoms with Crippen molar-refractivity contribution in [3.8, 4) is 0 Å². The molecular formula is C13H30N4O2S. The maximum atomic E-state index is 12.8. The van der Waals surface area contributed by atoms with Crippen LogP contribution < -0.4 is 5.73 Å². The van der Waals surface area contributed by atoms with Crippen LogP contribution in [0, 0.1) is 5.92 Å². The van der Waals surface area contributed by atoms with Crippen molar-refractivity contribution < 1.29 is 8.42 Å². The van der Waals surface area contributed by atoms with Crippen LogP contribution in [0.25, 0.3) is 0 Å². The second-order valence-corrected chi connectivity index (χ2v) is 7.81. The molecule has 7 heteroatoms. The molecule has 1 rings (SSSR count). The van der Waals surface area contributed by atoms with Gasteiger partial charge >= 0.3 is 0 Å². The van der Waals surface area contributed by atoms with E-state index in [0.29, 0.717) is 32.1 Å². The SMILES string of the molecule is CCN(C(C)CN(C)C)S(=O)(=O)N1CCCC(CN)C1. The summed E-state index contributed by atoms with van der Waals surface area (Å²) >= 11 is 0. The van der Waals surface area contributed by atoms with Crippen LogP contribution >= 0.6 is 0 Å². The van der Waals surface area contributed by atoms with Gasteiger partial charge in [-0.2, -0.15) is 17.0 Å². The highest BCUT2D eigenvalue weighted by Crippen LogP contribution is 2.21. The third-order valence-electron chi connectivity index (χ3n) is 3.87. The van der Waals surface area contributed by atoms with Crippen molar-refractivity contribution in [3.05, 3.63) is 0 Å². The summed E-state index contributed by atoms with van der Waals surface area (Å²) in [5, 5.41) is 0. The molecule has 1 aliphatic heterocycles. The third-order valence-corrected chi connectivity index (χ3v) is 6.07. The smallest absolute Gasteiger partial charge is 0.282 e. The molecule has 0 aliphatic carbocycles. The Morgan fingerprint density at radius 2 is 2.05 bits per heavy atom. The maximum Gasteiger partial charge on any atom is 0.282 e. The molecule has 2 unspecified atom stereocenters. The molecule has 0 amide bonds. The van der Waals surface area contributed by atoms with Crippen LogP contribution in [0.3, 0.4) is 0 Å². The monoisotopic (exact) mass is 306 g/mol. The Balaban J connectivity index is 2.83. The number of piperidine rings is 1. The lowest BCUT2D eigenvalue weighted by Gasteiger charge is -2.37. The Kier molecular flexibility index (Phi) is 6.87. The molecule has 1 aliphatic rings. The zero-order chi connectivity index (χ0) is 15.3. The Morgan fingerprint density at radius 3 is 2.55 bits per heavy atom. The van der Waals surface area contributed by atoms with Crippen LogP contribution in [0.2, 0.25) is 0 Å². The zero-order valence-corrected chi connectivity index (χ0v) is 14.1. The van der Waals surface area contributed by atoms with Crippen LogP contribution in [0.5, 0.6) is 0 Å². The van der Waals surface area contributed by atoms with Gasteiger partial charge in [0.2, 0.25) is 0 Å². The highest BCUT2D eigenvalue weighted by molar-refractivity contribution is 7.86. The van der Waals surface area contributed by atoms with Crippen LogP contribution in [0.4, 0.5) is 0 Å². The summed E-state index contributed by atoms with van der Waals surface area (Å²) in [6.07, 6.45) is 1.93. The molecular weight excluding hydrogens is 276 g/mol. The highest BCUT2D eigenvalue weighted by Gasteiger charge is 2.34. The van der Waals surface area contributed by atoms with Crippen molar-refractivity contribution in [3.63, 3.8) is 0 Å². The lowest BCUT2D eigenvalue weighted by Crippen LogP contribution is -2.53. The standard InChI is InChI=1S/C13H30N4O2S/c1-5-17(12(2)10-15(3)4)20(18,19)16-8-6-7-13(9-14)11-16/h12-13H,5-11,14H2,1-4H3. The first-order valence-electron chi connectivity index (χ1n) is 7.44. The molecule has 0 aromatic heterocycles. The number of hydrogen-bond acceptors (Lipinski definition) is 4. The molecule has 0 spiro atoms. The van der Waals surface area contributed by atoms with Gasteiger partial charge in [0.05, 0.1) is 0 Å². The fourth-order valence-electron chi connectivity index (χ4n) is 2.90. The number of rotatable bonds is 7. The van der Waals surface area contributed by atoms with Gasteiger partial charge < -0.3 is 10.6 Å². The molecule has 0 bridgehead atoms. The summed E-state index contributed by atoms with van der Waals surface area (Å²) in [6.45, 7) is 6.82. The van der Waals surface area contributed by atoms with Crippen LogP contribution in [-0.4, -0.2) is 74.8 Å². The van der Waals surface area contributed by atoms with Crippen molar-refractivity contribution in [2.24, 2.45) is 11.7 Å². The minimum atomic E-state index is -3.38. The van der Waals surface area contributed by atoms with E-state index in [1.165, 1.54) is 0 Å². The van der Waals surface area contributed by atoms with E-state index in [0.717, 1.165) is 19.4 Å². The lowest BCUT2D eigenvalue weighted by molar-refractivity contribution is 0.223. The minimum Gasteiger partial charge on any atom is -0.330 e. The van der Waals surface area contributed by atoms with Gasteiger partial charge in [-0.1, -0.05) is 6.92 Å². The normalized spacial score (nSPS) is 23.4. The second kappa shape index (κ2) is 7.70. The van der Waals surface area contributed by atoms with E-state index in [2.05, 4.69) is 0 Å². The Morgan fingerprint density at radius 1 is 1.40 bits per heavy atom. The molecule has 1 heterocycles. The molecule has 1 saturated heterocycles. The van der Waals surface area contributed by atoms with Crippen molar-refractivity contribution in [2.75, 3.05) is 46.8 Å². The van der Waals surface area contributed by atoms with Gasteiger partial charge in [0.1, 0.15) is 0 Å². The highest BCUT2D eigenvalue weighted by atomic mass is 32.2. The van der Waals surface area contributed by atoms with E-state index in [-0.39, 0.29) is 6.04 Å². The van der Waals surface area contributed by atoms with Gasteiger partial charge in [-0.05, 0) is 46.3 Å². The minimum absolute atomic E-state index is 0.0294. The van der Waals surface area contributed by atoms with Crippen molar-refractivity contribution >= 4 is 10.2 Å². The Bertz CT molecular complexity index is 386. The largest absolute Gasteiger partial charge is 0.330 e. The number of nitrogens with zero attached hydrogens (tertiary/aromatic N) is 3. The Hall–Kier alpha value is -0.210. The van der Waals surface area contributed by atoms with E-state index in [4.69, 9.17) is 5.73 Å². The second-order valence-electron chi connectivity index (χ2n) is 5.92. The van der Waals surface area contributed by atoms with E-state index in [9.17, 15) is 8.42 Å². The van der Waals surface area contributed by atoms with Crippen molar-refractivity contribution in [1.29, 1.82) is 0 Å². The predicted octanol–water partition coefficient (Wildman–Crippen LogP) is 0.174. The predicted molar refractivity (Wildman–Crippen MR) is 82.7 cm³/mol. The molecule has 0 saturated carbocycles. The van der Waals surface area contributed by atoms with Crippen LogP contribution in [-0.2, 0) is 10.2 Å². The molecule has 0 radical (unpaired) electrons. The summed E-state index contributed by atoms with van der Waals surface area (Å²) in [5.41, 5.74) is 5.70. The summed E-state index contributed by atoms with van der Waals surface area (Å²) < 4.78 is 28.8. The molecule has 20 heavy (non-hydrogen) atoms. The molecule has 2 N–H and O–H groups in total. The van der Waals surface area contributed by atoms with Crippen molar-refractivity contribution in [2.45, 2.75) is 32.7 Å². The lowest BCUT2D eigenvalue weighted by atomic mass is 10.0. The van der Waals surface area contributed by atoms with E-state index >= 15 is 0 Å². The number of likely N-dealkylation sites (N-methyl/N-ethyl adjacent to an activating group) is 2. The fraction of sp³-hybridized carbons (Fsp3) is 1.00. The van der Waals surface area contributed by atoms with Gasteiger partial charge in [-0.25, -0.2) is 0 Å². The summed E-state index contributed by atoms with van der Waals surface area (Å²) in [4.78, 5) is 2.02. The van der Waals surface area contributed by atoms with E-state index in [1.54, 1.807) is 8.61 Å². The summed E-state index contributed by atoms with van der Waals surface area (Å²) in [6, 6.07) is -0.0294. The average Bonchev–Trinajstić information content (AvgIpc) is 2.38. The van der Waals surface area contributed by atoms with E-state index < -0.39 is 10.2 Å². The van der Waals surface area contributed by atoms with Gasteiger partial charge in [-0.15, -0.1) is 0 Å². The third kappa shape index (κ3) is 4.39. The van der Waals surface area contributed by atoms with Gasteiger partial charge in [0.15, 0.2) is 0 Å². The molecule has 2 atom stereocenters. The quantitative estimate of drug-likeness (QED) is 0.728. The molecule has 0 aromatic rings. The first kappa shape index (κ1) is 17.8. The summed E-state index contributed by atoms with van der Waals surface area (Å²) in [5.74, 6) is 0.293. The van der Waals surface area contributed by atoms with E-state index in [1.807, 2.05) is 32.8 Å². The molecule has 1 fully saturated rings. The zero-order valence-electron chi connectivity index (χ0n) is 13.2. The first-order valence-corrected chi connectivity index (χ1v) is 8.84. The first-order chi connectivity index (χ1) is 9.32. The number of hydrogen-bond donors (Lipinski definition) is 1. The Labute approximate surface area is 124 Å². The number of nitrogens with two attached hydrogens (primary N) is 1. The fourth-order valence-corrected chi connectivity index (χ4v) is 4.80. The average molecular weight is 306 g/mol. The maximum absolute atomic E-state index is 12.8. The van der Waals surface area contributed by atoms with Crippen LogP contribution in [0.1, 0.15) is 26.7 Å². The molecule has 120 valence electrons. The van der Waals surface area contributed by atoms with Gasteiger partial charge in [-0.3, -0.25) is 0 Å².